The summed E-state index contributed by atoms with van der Waals surface area (Å²) in [5.41, 5.74) is -2.98. The molecule has 1 atom stereocenters. The van der Waals surface area contributed by atoms with Crippen molar-refractivity contribution in [2.75, 3.05) is 6.61 Å². The summed E-state index contributed by atoms with van der Waals surface area (Å²) in [7, 11) is 0. The molecule has 0 bridgehead atoms. The summed E-state index contributed by atoms with van der Waals surface area (Å²) >= 11 is 0. The van der Waals surface area contributed by atoms with E-state index >= 15 is 0 Å². The average Bonchev–Trinajstić information content (AvgIpc) is 2.57. The predicted octanol–water partition coefficient (Wildman–Crippen LogP) is 2.94. The van der Waals surface area contributed by atoms with Crippen molar-refractivity contribution in [2.24, 2.45) is 0 Å². The lowest BCUT2D eigenvalue weighted by atomic mass is 9.97. The molecule has 0 saturated heterocycles. The van der Waals surface area contributed by atoms with E-state index in [1.54, 1.807) is 0 Å². The van der Waals surface area contributed by atoms with Crippen LogP contribution in [0.5, 0.6) is 0 Å². The van der Waals surface area contributed by atoms with Crippen LogP contribution < -0.4 is 0 Å². The van der Waals surface area contributed by atoms with E-state index in [2.05, 4.69) is 4.74 Å². The number of ether oxygens (including phenoxy) is 2. The Labute approximate surface area is 147 Å². The number of carbonyl (C=O) groups excluding carboxylic acids is 3. The van der Waals surface area contributed by atoms with E-state index in [4.69, 9.17) is 4.74 Å². The van der Waals surface area contributed by atoms with E-state index in [0.717, 1.165) is 38.1 Å². The Morgan fingerprint density at radius 3 is 2.08 bits per heavy atom. The molecule has 0 aromatic heterocycles. The Morgan fingerprint density at radius 2 is 1.65 bits per heavy atom. The minimum atomic E-state index is -4.50. The number of hydrogen-bond acceptors (Lipinski definition) is 6. The zero-order valence-electron chi connectivity index (χ0n) is 14.3. The second-order valence-corrected chi connectivity index (χ2v) is 5.41. The molecule has 0 aliphatic carbocycles. The molecule has 7 nitrogen and oxygen atoms in total. The van der Waals surface area contributed by atoms with Crippen molar-refractivity contribution in [1.29, 1.82) is 0 Å². The van der Waals surface area contributed by atoms with E-state index in [0.29, 0.717) is 0 Å². The highest BCUT2D eigenvalue weighted by Crippen LogP contribution is 2.29. The van der Waals surface area contributed by atoms with Crippen LogP contribution in [0.4, 0.5) is 18.0 Å². The standard InChI is InChI=1S/C16H18F3NO6/c1-4-25-13(22)15(3,10(2)21)20(24)14(23)26-9-11-5-7-12(8-6-11)16(17,18)19/h5-8,24H,4,9H2,1-3H3. The van der Waals surface area contributed by atoms with Crippen LogP contribution in [0.3, 0.4) is 0 Å². The number of ketones is 1. The van der Waals surface area contributed by atoms with Crippen molar-refractivity contribution in [3.05, 3.63) is 35.4 Å². The van der Waals surface area contributed by atoms with Crippen LogP contribution in [0, 0.1) is 0 Å². The van der Waals surface area contributed by atoms with Gasteiger partial charge in [-0.1, -0.05) is 12.1 Å². The molecule has 144 valence electrons. The molecule has 0 radical (unpaired) electrons. The summed E-state index contributed by atoms with van der Waals surface area (Å²) in [5.74, 6) is -2.02. The number of hydroxylamine groups is 2. The Morgan fingerprint density at radius 1 is 1.12 bits per heavy atom. The number of hydrogen-bond donors (Lipinski definition) is 1. The maximum absolute atomic E-state index is 12.5. The van der Waals surface area contributed by atoms with Gasteiger partial charge in [0, 0.05) is 0 Å². The van der Waals surface area contributed by atoms with Crippen LogP contribution in [0.1, 0.15) is 31.9 Å². The maximum atomic E-state index is 12.5. The van der Waals surface area contributed by atoms with Gasteiger partial charge in [-0.15, -0.1) is 0 Å². The van der Waals surface area contributed by atoms with Gasteiger partial charge in [-0.3, -0.25) is 10.0 Å². The highest BCUT2D eigenvalue weighted by atomic mass is 19.4. The minimum absolute atomic E-state index is 0.0872. The number of carbonyl (C=O) groups is 3. The van der Waals surface area contributed by atoms with Crippen molar-refractivity contribution < 1.29 is 42.2 Å². The van der Waals surface area contributed by atoms with Crippen LogP contribution in [0.25, 0.3) is 0 Å². The molecule has 0 spiro atoms. The Kier molecular flexibility index (Phi) is 6.73. The zero-order valence-corrected chi connectivity index (χ0v) is 14.3. The zero-order chi connectivity index (χ0) is 20.1. The number of nitrogens with zero attached hydrogens (tertiary/aromatic N) is 1. The SMILES string of the molecule is CCOC(=O)C(C)(C(C)=O)N(O)C(=O)OCc1ccc(C(F)(F)F)cc1. The predicted molar refractivity (Wildman–Crippen MR) is 81.0 cm³/mol. The summed E-state index contributed by atoms with van der Waals surface area (Å²) in [5, 5.41) is 9.72. The van der Waals surface area contributed by atoms with Gasteiger partial charge in [-0.2, -0.15) is 18.2 Å². The van der Waals surface area contributed by atoms with Crippen LogP contribution in [0.15, 0.2) is 24.3 Å². The molecule has 0 heterocycles. The van der Waals surface area contributed by atoms with Gasteiger partial charge in [0.1, 0.15) is 6.61 Å². The second-order valence-electron chi connectivity index (χ2n) is 5.41. The third-order valence-corrected chi connectivity index (χ3v) is 3.60. The molecule has 0 aliphatic heterocycles. The number of amides is 1. The first-order chi connectivity index (χ1) is 11.9. The normalized spacial score (nSPS) is 13.5. The molecule has 0 fully saturated rings. The highest BCUT2D eigenvalue weighted by Gasteiger charge is 2.49. The van der Waals surface area contributed by atoms with Crippen molar-refractivity contribution in [1.82, 2.24) is 5.06 Å². The lowest BCUT2D eigenvalue weighted by Crippen LogP contribution is -2.58. The Hall–Kier alpha value is -2.62. The first kappa shape index (κ1) is 21.4. The minimum Gasteiger partial charge on any atom is -0.464 e. The number of benzene rings is 1. The number of Topliss-reactive ketones (excluding diaryl/α,β-unsaturated/α-hetero) is 1. The topological polar surface area (TPSA) is 93.1 Å². The van der Waals surface area contributed by atoms with Gasteiger partial charge in [0.05, 0.1) is 12.2 Å². The average molecular weight is 377 g/mol. The van der Waals surface area contributed by atoms with Crippen LogP contribution in [-0.4, -0.2) is 40.3 Å². The van der Waals surface area contributed by atoms with Gasteiger partial charge in [-0.05, 0) is 38.5 Å². The third kappa shape index (κ3) is 4.72. The summed E-state index contributed by atoms with van der Waals surface area (Å²) < 4.78 is 46.9. The van der Waals surface area contributed by atoms with Crippen LogP contribution >= 0.6 is 0 Å². The highest BCUT2D eigenvalue weighted by molar-refractivity contribution is 6.08. The summed E-state index contributed by atoms with van der Waals surface area (Å²) in [4.78, 5) is 35.5. The molecule has 26 heavy (non-hydrogen) atoms. The Balaban J connectivity index is 2.82. The fraction of sp³-hybridized carbons (Fsp3) is 0.438. The molecule has 1 aromatic carbocycles. The number of rotatable bonds is 6. The molecule has 1 aromatic rings. The molecule has 1 rings (SSSR count). The quantitative estimate of drug-likeness (QED) is 0.355. The molecule has 1 amide bonds. The van der Waals surface area contributed by atoms with Crippen molar-refractivity contribution in [2.45, 2.75) is 39.1 Å². The summed E-state index contributed by atoms with van der Waals surface area (Å²) in [6.45, 7) is 2.86. The van der Waals surface area contributed by atoms with E-state index in [9.17, 15) is 32.8 Å². The van der Waals surface area contributed by atoms with Gasteiger partial charge >= 0.3 is 18.2 Å². The van der Waals surface area contributed by atoms with E-state index in [1.807, 2.05) is 0 Å². The molecule has 1 unspecified atom stereocenters. The van der Waals surface area contributed by atoms with E-state index in [-0.39, 0.29) is 17.2 Å². The number of halogens is 3. The van der Waals surface area contributed by atoms with Crippen LogP contribution in [-0.2, 0) is 31.8 Å². The summed E-state index contributed by atoms with van der Waals surface area (Å²) in [6, 6.07) is 3.79. The number of alkyl halides is 3. The van der Waals surface area contributed by atoms with Crippen molar-refractivity contribution in [3.63, 3.8) is 0 Å². The van der Waals surface area contributed by atoms with Crippen molar-refractivity contribution in [3.8, 4) is 0 Å². The fourth-order valence-electron chi connectivity index (χ4n) is 1.83. The first-order valence-electron chi connectivity index (χ1n) is 7.44. The van der Waals surface area contributed by atoms with Gasteiger partial charge in [-0.25, -0.2) is 9.59 Å². The lowest BCUT2D eigenvalue weighted by molar-refractivity contribution is -0.188. The van der Waals surface area contributed by atoms with E-state index in [1.165, 1.54) is 6.92 Å². The molecule has 1 N–H and O–H groups in total. The number of esters is 1. The maximum Gasteiger partial charge on any atom is 0.435 e. The summed E-state index contributed by atoms with van der Waals surface area (Å²) in [6.07, 6.45) is -5.93. The molecular weight excluding hydrogens is 359 g/mol. The van der Waals surface area contributed by atoms with Crippen LogP contribution in [0.2, 0.25) is 0 Å². The molecule has 0 saturated carbocycles. The smallest absolute Gasteiger partial charge is 0.435 e. The molecular formula is C16H18F3NO6. The largest absolute Gasteiger partial charge is 0.464 e. The molecule has 0 aliphatic rings. The lowest BCUT2D eigenvalue weighted by Gasteiger charge is -2.31. The van der Waals surface area contributed by atoms with Gasteiger partial charge in [0.25, 0.3) is 0 Å². The Bertz CT molecular complexity index is 674. The monoisotopic (exact) mass is 377 g/mol. The van der Waals surface area contributed by atoms with Gasteiger partial charge in [0.15, 0.2) is 5.78 Å². The van der Waals surface area contributed by atoms with Crippen molar-refractivity contribution >= 4 is 17.8 Å². The molecule has 10 heteroatoms. The fourth-order valence-corrected chi connectivity index (χ4v) is 1.83. The second kappa shape index (κ2) is 8.17. The third-order valence-electron chi connectivity index (χ3n) is 3.60. The van der Waals surface area contributed by atoms with Gasteiger partial charge < -0.3 is 9.47 Å². The van der Waals surface area contributed by atoms with E-state index < -0.39 is 41.7 Å². The van der Waals surface area contributed by atoms with Gasteiger partial charge in [0.2, 0.25) is 5.54 Å². The first-order valence-corrected chi connectivity index (χ1v) is 7.44.